The van der Waals surface area contributed by atoms with Crippen LogP contribution in [0.2, 0.25) is 0 Å². The lowest BCUT2D eigenvalue weighted by Crippen LogP contribution is -2.58. The first-order chi connectivity index (χ1) is 20.2. The minimum Gasteiger partial charge on any atom is -0.491 e. The fourth-order valence-electron chi connectivity index (χ4n) is 3.69. The third kappa shape index (κ3) is 10.5. The van der Waals surface area contributed by atoms with Gasteiger partial charge in [0.25, 0.3) is 5.91 Å². The summed E-state index contributed by atoms with van der Waals surface area (Å²) in [6.45, 7) is 5.76. The second-order valence-corrected chi connectivity index (χ2v) is 10.5. The highest BCUT2D eigenvalue weighted by atomic mass is 19.1. The van der Waals surface area contributed by atoms with Crippen LogP contribution in [-0.4, -0.2) is 72.5 Å². The van der Waals surface area contributed by atoms with Crippen molar-refractivity contribution in [3.8, 4) is 11.8 Å². The Hall–Kier alpha value is -4.76. The predicted octanol–water partition coefficient (Wildman–Crippen LogP) is 1.83. The summed E-state index contributed by atoms with van der Waals surface area (Å²) in [5.41, 5.74) is 1.33. The number of nitriles is 1. The lowest BCUT2D eigenvalue weighted by Gasteiger charge is -2.25. The van der Waals surface area contributed by atoms with Gasteiger partial charge in [0.15, 0.2) is 0 Å². The molecule has 0 aliphatic heterocycles. The van der Waals surface area contributed by atoms with Gasteiger partial charge in [0.1, 0.15) is 41.9 Å². The zero-order chi connectivity index (χ0) is 32.3. The van der Waals surface area contributed by atoms with Crippen LogP contribution in [-0.2, 0) is 25.7 Å². The van der Waals surface area contributed by atoms with E-state index in [9.17, 15) is 33.9 Å². The molecule has 0 aromatic heterocycles. The number of carbonyl (C=O) groups excluding carboxylic acids is 4. The number of aliphatic hydroxyl groups is 1. The molecule has 0 unspecified atom stereocenters. The molecule has 0 aliphatic rings. The fraction of sp³-hybridized carbons (Fsp3) is 0.387. The summed E-state index contributed by atoms with van der Waals surface area (Å²) in [6.07, 6.45) is 0.110. The third-order valence-electron chi connectivity index (χ3n) is 6.22. The Morgan fingerprint density at radius 1 is 1.05 bits per heavy atom. The highest BCUT2D eigenvalue weighted by molar-refractivity contribution is 6.01. The Morgan fingerprint density at radius 2 is 1.74 bits per heavy atom. The number of amides is 4. The number of hydrogen-bond donors (Lipinski definition) is 4. The monoisotopic (exact) mass is 595 g/mol. The van der Waals surface area contributed by atoms with Gasteiger partial charge in [-0.15, -0.1) is 0 Å². The van der Waals surface area contributed by atoms with Crippen LogP contribution in [0, 0.1) is 30.0 Å². The molecular weight excluding hydrogens is 557 g/mol. The van der Waals surface area contributed by atoms with E-state index in [0.29, 0.717) is 11.1 Å². The summed E-state index contributed by atoms with van der Waals surface area (Å²) in [5.74, 6) is -3.17. The number of aryl methyl sites for hydroxylation is 1. The Kier molecular flexibility index (Phi) is 12.8. The quantitative estimate of drug-likeness (QED) is 0.203. The third-order valence-corrected chi connectivity index (χ3v) is 6.22. The minimum atomic E-state index is -1.35. The molecular formula is C31H38FN5O6. The van der Waals surface area contributed by atoms with Crippen LogP contribution in [0.25, 0.3) is 6.08 Å². The molecule has 4 amide bonds. The number of benzene rings is 2. The van der Waals surface area contributed by atoms with E-state index in [0.717, 1.165) is 0 Å². The van der Waals surface area contributed by atoms with Crippen molar-refractivity contribution in [2.24, 2.45) is 5.92 Å². The lowest BCUT2D eigenvalue weighted by molar-refractivity contribution is -0.135. The van der Waals surface area contributed by atoms with E-state index in [1.54, 1.807) is 51.1 Å². The number of ether oxygens (including phenoxy) is 1. The standard InChI is InChI=1S/C31H38FN5O6/c1-18(2)28(39)36-27(20(4)38)30(41)35-26(29(40)34-16-22-11-10-19(3)12-25(22)32)17-43-24-9-7-8-21(14-24)13-23(15-33)31(42)37(5)6/h7-14,18,20,26-27,38H,16-17H2,1-6H3,(H,34,40)(H,35,41)(H,36,39)/t20-,26+,27+/m1/s1. The molecule has 4 N–H and O–H groups in total. The summed E-state index contributed by atoms with van der Waals surface area (Å²) in [4.78, 5) is 52.0. The van der Waals surface area contributed by atoms with Gasteiger partial charge in [0.05, 0.1) is 6.10 Å². The van der Waals surface area contributed by atoms with E-state index in [1.807, 2.05) is 6.07 Å². The minimum absolute atomic E-state index is 0.0948. The Labute approximate surface area is 250 Å². The summed E-state index contributed by atoms with van der Waals surface area (Å²) in [7, 11) is 3.05. The van der Waals surface area contributed by atoms with E-state index in [2.05, 4.69) is 16.0 Å². The normalized spacial score (nSPS) is 13.3. The van der Waals surface area contributed by atoms with E-state index < -0.39 is 53.6 Å². The molecule has 11 nitrogen and oxygen atoms in total. The molecule has 230 valence electrons. The van der Waals surface area contributed by atoms with Crippen molar-refractivity contribution in [1.82, 2.24) is 20.9 Å². The van der Waals surface area contributed by atoms with Crippen molar-refractivity contribution in [3.05, 3.63) is 70.5 Å². The largest absolute Gasteiger partial charge is 0.491 e. The van der Waals surface area contributed by atoms with Crippen LogP contribution in [0.5, 0.6) is 5.75 Å². The van der Waals surface area contributed by atoms with Crippen LogP contribution in [0.3, 0.4) is 0 Å². The maximum Gasteiger partial charge on any atom is 0.264 e. The maximum atomic E-state index is 14.3. The van der Waals surface area contributed by atoms with Crippen molar-refractivity contribution in [2.75, 3.05) is 20.7 Å². The van der Waals surface area contributed by atoms with E-state index >= 15 is 0 Å². The number of hydrogen-bond acceptors (Lipinski definition) is 7. The van der Waals surface area contributed by atoms with Gasteiger partial charge in [-0.2, -0.15) is 5.26 Å². The van der Waals surface area contributed by atoms with Gasteiger partial charge in [-0.05, 0) is 49.2 Å². The Balaban J connectivity index is 2.28. The molecule has 0 fully saturated rings. The number of likely N-dealkylation sites (N-methyl/N-ethyl adjacent to an activating group) is 1. The van der Waals surface area contributed by atoms with Crippen molar-refractivity contribution in [2.45, 2.75) is 52.4 Å². The van der Waals surface area contributed by atoms with Crippen LogP contribution >= 0.6 is 0 Å². The first kappa shape index (κ1) is 34.4. The van der Waals surface area contributed by atoms with Crippen molar-refractivity contribution < 1.29 is 33.4 Å². The zero-order valence-electron chi connectivity index (χ0n) is 25.1. The molecule has 43 heavy (non-hydrogen) atoms. The summed E-state index contributed by atoms with van der Waals surface area (Å²) < 4.78 is 20.1. The molecule has 0 saturated heterocycles. The van der Waals surface area contributed by atoms with Gasteiger partial charge in [-0.25, -0.2) is 4.39 Å². The van der Waals surface area contributed by atoms with Crippen molar-refractivity contribution >= 4 is 29.7 Å². The van der Waals surface area contributed by atoms with Crippen LogP contribution in [0.15, 0.2) is 48.0 Å². The van der Waals surface area contributed by atoms with Gasteiger partial charge in [-0.3, -0.25) is 19.2 Å². The Morgan fingerprint density at radius 3 is 2.33 bits per heavy atom. The van der Waals surface area contributed by atoms with E-state index in [-0.39, 0.29) is 30.0 Å². The van der Waals surface area contributed by atoms with Gasteiger partial charge < -0.3 is 30.7 Å². The summed E-state index contributed by atoms with van der Waals surface area (Å²) in [6, 6.07) is 10.2. The van der Waals surface area contributed by atoms with Crippen molar-refractivity contribution in [1.29, 1.82) is 5.26 Å². The molecule has 2 aromatic rings. The number of nitrogens with one attached hydrogen (secondary N) is 3. The molecule has 0 heterocycles. The lowest BCUT2D eigenvalue weighted by atomic mass is 10.1. The number of carbonyl (C=O) groups is 4. The van der Waals surface area contributed by atoms with Gasteiger partial charge in [0, 0.05) is 32.1 Å². The second kappa shape index (κ2) is 16.0. The zero-order valence-corrected chi connectivity index (χ0v) is 25.1. The number of nitrogens with zero attached hydrogens (tertiary/aromatic N) is 2. The molecule has 3 atom stereocenters. The van der Waals surface area contributed by atoms with Gasteiger partial charge >= 0.3 is 0 Å². The molecule has 2 rings (SSSR count). The first-order valence-electron chi connectivity index (χ1n) is 13.6. The fourth-order valence-corrected chi connectivity index (χ4v) is 3.69. The van der Waals surface area contributed by atoms with Crippen LogP contribution in [0.4, 0.5) is 4.39 Å². The van der Waals surface area contributed by atoms with Crippen LogP contribution < -0.4 is 20.7 Å². The van der Waals surface area contributed by atoms with Gasteiger partial charge in [0.2, 0.25) is 17.7 Å². The van der Waals surface area contributed by atoms with Gasteiger partial charge in [-0.1, -0.05) is 38.1 Å². The van der Waals surface area contributed by atoms with Crippen molar-refractivity contribution in [3.63, 3.8) is 0 Å². The van der Waals surface area contributed by atoms with Crippen LogP contribution in [0.1, 0.15) is 37.5 Å². The average Bonchev–Trinajstić information content (AvgIpc) is 2.95. The maximum absolute atomic E-state index is 14.3. The highest BCUT2D eigenvalue weighted by Crippen LogP contribution is 2.17. The molecule has 0 saturated carbocycles. The van der Waals surface area contributed by atoms with E-state index in [1.165, 1.54) is 44.1 Å². The highest BCUT2D eigenvalue weighted by Gasteiger charge is 2.31. The molecule has 0 bridgehead atoms. The second-order valence-electron chi connectivity index (χ2n) is 10.5. The summed E-state index contributed by atoms with van der Waals surface area (Å²) in [5, 5.41) is 27.1. The molecule has 0 radical (unpaired) electrons. The topological polar surface area (TPSA) is 161 Å². The predicted molar refractivity (Wildman–Crippen MR) is 158 cm³/mol. The average molecular weight is 596 g/mol. The van der Waals surface area contributed by atoms with E-state index in [4.69, 9.17) is 4.74 Å². The molecule has 2 aromatic carbocycles. The molecule has 0 spiro atoms. The Bertz CT molecular complexity index is 1400. The number of aliphatic hydroxyl groups excluding tert-OH is 1. The SMILES string of the molecule is Cc1ccc(CNC(=O)[C@H](COc2cccc(C=C(C#N)C(=O)N(C)C)c2)NC(=O)[C@@H](NC(=O)C(C)C)[C@@H](C)O)c(F)c1. The number of halogens is 1. The molecule has 0 aliphatic carbocycles. The number of rotatable bonds is 13. The smallest absolute Gasteiger partial charge is 0.264 e. The molecule has 12 heteroatoms. The first-order valence-corrected chi connectivity index (χ1v) is 13.6. The summed E-state index contributed by atoms with van der Waals surface area (Å²) >= 11 is 0.